The topological polar surface area (TPSA) is 71.1 Å². The number of hydrogen-bond donors (Lipinski definition) is 1. The van der Waals surface area contributed by atoms with Crippen LogP contribution in [-0.4, -0.2) is 86.1 Å². The largest absolute Gasteiger partial charge is 0.496 e. The molecule has 3 rings (SSSR count). The van der Waals surface area contributed by atoms with Gasteiger partial charge in [-0.15, -0.1) is 0 Å². The first-order valence-electron chi connectivity index (χ1n) is 11.2. The summed E-state index contributed by atoms with van der Waals surface area (Å²) in [6, 6.07) is 16.3. The first kappa shape index (κ1) is 24.9. The number of rotatable bonds is 11. The van der Waals surface area contributed by atoms with Crippen LogP contribution in [0.25, 0.3) is 0 Å². The van der Waals surface area contributed by atoms with Crippen LogP contribution in [0.3, 0.4) is 0 Å². The number of nitrogens with zero attached hydrogens (tertiary/aromatic N) is 2. The Kier molecular flexibility index (Phi) is 9.90. The van der Waals surface area contributed by atoms with Crippen molar-refractivity contribution in [2.75, 3.05) is 58.4 Å². The van der Waals surface area contributed by atoms with Crippen LogP contribution in [0.1, 0.15) is 16.8 Å². The molecule has 1 unspecified atom stereocenters. The maximum atomic E-state index is 13.3. The second kappa shape index (κ2) is 13.1. The molecule has 2 aromatic rings. The zero-order valence-corrected chi connectivity index (χ0v) is 20.2. The predicted octanol–water partition coefficient (Wildman–Crippen LogP) is 2.77. The minimum atomic E-state index is -0.553. The molecule has 2 aromatic carbocycles. The van der Waals surface area contributed by atoms with Gasteiger partial charge in [-0.05, 0) is 42.7 Å². The maximum absolute atomic E-state index is 13.3. The average molecular weight is 472 g/mol. The molecule has 0 radical (unpaired) electrons. The minimum absolute atomic E-state index is 0.0208. The van der Waals surface area contributed by atoms with Gasteiger partial charge in [0.25, 0.3) is 5.91 Å². The van der Waals surface area contributed by atoms with Gasteiger partial charge < -0.3 is 19.7 Å². The Hall–Kier alpha value is -2.71. The zero-order chi connectivity index (χ0) is 23.5. The molecule has 1 N–H and O–H groups in total. The number of carbonyl (C=O) groups is 2. The number of ether oxygens (including phenoxy) is 2. The highest BCUT2D eigenvalue weighted by Crippen LogP contribution is 2.18. The molecule has 0 saturated carbocycles. The number of carbonyl (C=O) groups excluding carboxylic acids is 2. The van der Waals surface area contributed by atoms with E-state index in [1.807, 2.05) is 47.6 Å². The summed E-state index contributed by atoms with van der Waals surface area (Å²) in [7, 11) is 1.53. The summed E-state index contributed by atoms with van der Waals surface area (Å²) in [5.41, 5.74) is 0.435. The lowest BCUT2D eigenvalue weighted by Gasteiger charge is -2.36. The van der Waals surface area contributed by atoms with Gasteiger partial charge in [-0.3, -0.25) is 14.5 Å². The lowest BCUT2D eigenvalue weighted by atomic mass is 10.1. The quantitative estimate of drug-likeness (QED) is 0.544. The van der Waals surface area contributed by atoms with Gasteiger partial charge in [0.1, 0.15) is 24.1 Å². The van der Waals surface area contributed by atoms with Crippen molar-refractivity contribution in [2.24, 2.45) is 0 Å². The van der Waals surface area contributed by atoms with Crippen LogP contribution >= 0.6 is 11.8 Å². The highest BCUT2D eigenvalue weighted by Gasteiger charge is 2.29. The van der Waals surface area contributed by atoms with E-state index in [1.165, 1.54) is 7.11 Å². The molecule has 1 atom stereocenters. The predicted molar refractivity (Wildman–Crippen MR) is 132 cm³/mol. The maximum Gasteiger partial charge on any atom is 0.255 e. The fraction of sp³-hybridized carbons (Fsp3) is 0.440. The number of para-hydroxylation sites is 2. The van der Waals surface area contributed by atoms with Gasteiger partial charge in [-0.25, -0.2) is 0 Å². The molecule has 0 bridgehead atoms. The normalized spacial score (nSPS) is 15.0. The molecule has 1 aliphatic heterocycles. The molecule has 8 heteroatoms. The van der Waals surface area contributed by atoms with E-state index in [-0.39, 0.29) is 11.8 Å². The van der Waals surface area contributed by atoms with Crippen molar-refractivity contribution in [3.63, 3.8) is 0 Å². The summed E-state index contributed by atoms with van der Waals surface area (Å²) < 4.78 is 11.1. The van der Waals surface area contributed by atoms with Crippen LogP contribution < -0.4 is 14.8 Å². The van der Waals surface area contributed by atoms with Gasteiger partial charge >= 0.3 is 0 Å². The van der Waals surface area contributed by atoms with Crippen molar-refractivity contribution in [1.29, 1.82) is 0 Å². The standard InChI is InChI=1S/C25H33N3O4S/c1-31-23-11-7-6-10-21(23)24(29)26-22(12-19-33-2)25(30)28-15-13-27(14-16-28)17-18-32-20-8-4-3-5-9-20/h3-11,22H,12-19H2,1-2H3,(H,26,29). The van der Waals surface area contributed by atoms with E-state index in [0.29, 0.717) is 37.4 Å². The van der Waals surface area contributed by atoms with Gasteiger partial charge in [-0.1, -0.05) is 30.3 Å². The fourth-order valence-corrected chi connectivity index (χ4v) is 4.25. The molecule has 1 aliphatic rings. The summed E-state index contributed by atoms with van der Waals surface area (Å²) >= 11 is 1.66. The van der Waals surface area contributed by atoms with Crippen LogP contribution in [0, 0.1) is 0 Å². The smallest absolute Gasteiger partial charge is 0.255 e. The summed E-state index contributed by atoms with van der Waals surface area (Å²) in [5.74, 6) is 1.85. The third-order valence-electron chi connectivity index (χ3n) is 5.67. The molecule has 0 aliphatic carbocycles. The van der Waals surface area contributed by atoms with Crippen LogP contribution in [0.5, 0.6) is 11.5 Å². The molecular formula is C25H33N3O4S. The first-order chi connectivity index (χ1) is 16.1. The van der Waals surface area contributed by atoms with Crippen molar-refractivity contribution < 1.29 is 19.1 Å². The molecule has 7 nitrogen and oxygen atoms in total. The summed E-state index contributed by atoms with van der Waals surface area (Å²) in [4.78, 5) is 30.3. The Bertz CT molecular complexity index is 888. The third-order valence-corrected chi connectivity index (χ3v) is 6.31. The lowest BCUT2D eigenvalue weighted by Crippen LogP contribution is -2.55. The van der Waals surface area contributed by atoms with Gasteiger partial charge in [0, 0.05) is 32.7 Å². The Labute approximate surface area is 200 Å². The van der Waals surface area contributed by atoms with Crippen molar-refractivity contribution in [1.82, 2.24) is 15.1 Å². The summed E-state index contributed by atoms with van der Waals surface area (Å²) in [6.45, 7) is 4.30. The van der Waals surface area contributed by atoms with E-state index in [2.05, 4.69) is 10.2 Å². The molecule has 2 amide bonds. The number of hydrogen-bond acceptors (Lipinski definition) is 6. The number of piperazine rings is 1. The Morgan fingerprint density at radius 2 is 1.73 bits per heavy atom. The van der Waals surface area contributed by atoms with Crippen LogP contribution in [0.15, 0.2) is 54.6 Å². The van der Waals surface area contributed by atoms with E-state index in [0.717, 1.165) is 31.1 Å². The van der Waals surface area contributed by atoms with Gasteiger partial charge in [0.05, 0.1) is 12.7 Å². The summed E-state index contributed by atoms with van der Waals surface area (Å²) in [6.07, 6.45) is 2.59. The average Bonchev–Trinajstić information content (AvgIpc) is 2.87. The number of benzene rings is 2. The Morgan fingerprint density at radius 3 is 2.42 bits per heavy atom. The molecule has 1 fully saturated rings. The molecular weight excluding hydrogens is 438 g/mol. The lowest BCUT2D eigenvalue weighted by molar-refractivity contribution is -0.135. The number of nitrogens with one attached hydrogen (secondary N) is 1. The highest BCUT2D eigenvalue weighted by molar-refractivity contribution is 7.98. The highest BCUT2D eigenvalue weighted by atomic mass is 32.2. The molecule has 33 heavy (non-hydrogen) atoms. The van der Waals surface area contributed by atoms with Crippen LogP contribution in [-0.2, 0) is 4.79 Å². The van der Waals surface area contributed by atoms with E-state index in [9.17, 15) is 9.59 Å². The SMILES string of the molecule is COc1ccccc1C(=O)NC(CCSC)C(=O)N1CCN(CCOc2ccccc2)CC1. The summed E-state index contributed by atoms with van der Waals surface area (Å²) in [5, 5.41) is 2.95. The molecule has 0 spiro atoms. The molecule has 1 saturated heterocycles. The monoisotopic (exact) mass is 471 g/mol. The van der Waals surface area contributed by atoms with E-state index in [4.69, 9.17) is 9.47 Å². The number of thioether (sulfide) groups is 1. The Morgan fingerprint density at radius 1 is 1.03 bits per heavy atom. The fourth-order valence-electron chi connectivity index (χ4n) is 3.78. The zero-order valence-electron chi connectivity index (χ0n) is 19.4. The first-order valence-corrected chi connectivity index (χ1v) is 12.6. The Balaban J connectivity index is 1.51. The van der Waals surface area contributed by atoms with Crippen molar-refractivity contribution in [3.8, 4) is 11.5 Å². The van der Waals surface area contributed by atoms with Gasteiger partial charge in [-0.2, -0.15) is 11.8 Å². The van der Waals surface area contributed by atoms with Crippen molar-refractivity contribution in [3.05, 3.63) is 60.2 Å². The van der Waals surface area contributed by atoms with Gasteiger partial charge in [0.15, 0.2) is 0 Å². The van der Waals surface area contributed by atoms with Crippen LogP contribution in [0.2, 0.25) is 0 Å². The van der Waals surface area contributed by atoms with Crippen molar-refractivity contribution >= 4 is 23.6 Å². The molecule has 1 heterocycles. The van der Waals surface area contributed by atoms with E-state index in [1.54, 1.807) is 30.0 Å². The van der Waals surface area contributed by atoms with E-state index >= 15 is 0 Å². The molecule has 178 valence electrons. The van der Waals surface area contributed by atoms with Gasteiger partial charge in [0.2, 0.25) is 5.91 Å². The third kappa shape index (κ3) is 7.40. The second-order valence-electron chi connectivity index (χ2n) is 7.84. The molecule has 0 aromatic heterocycles. The number of methoxy groups -OCH3 is 1. The second-order valence-corrected chi connectivity index (χ2v) is 8.82. The number of amides is 2. The van der Waals surface area contributed by atoms with Crippen LogP contribution in [0.4, 0.5) is 0 Å². The van der Waals surface area contributed by atoms with Crippen molar-refractivity contribution in [2.45, 2.75) is 12.5 Å². The minimum Gasteiger partial charge on any atom is -0.496 e. The van der Waals surface area contributed by atoms with E-state index < -0.39 is 6.04 Å².